The van der Waals surface area contributed by atoms with Gasteiger partial charge in [0, 0.05) is 37.2 Å². The van der Waals surface area contributed by atoms with E-state index in [1.807, 2.05) is 19.0 Å². The van der Waals surface area contributed by atoms with E-state index in [1.165, 1.54) is 6.21 Å². The Morgan fingerprint density at radius 2 is 1.96 bits per heavy atom. The number of rotatable bonds is 5. The third kappa shape index (κ3) is 5.05. The van der Waals surface area contributed by atoms with Gasteiger partial charge >= 0.3 is 0 Å². The number of nitrogens with zero attached hydrogens (tertiary/aromatic N) is 6. The van der Waals surface area contributed by atoms with Crippen LogP contribution in [0.25, 0.3) is 0 Å². The van der Waals surface area contributed by atoms with Gasteiger partial charge in [0.15, 0.2) is 0 Å². The van der Waals surface area contributed by atoms with Crippen molar-refractivity contribution in [2.75, 3.05) is 55.6 Å². The Bertz CT molecular complexity index is 842. The molecule has 2 heterocycles. The molecule has 0 spiro atoms. The van der Waals surface area contributed by atoms with Gasteiger partial charge in [-0.2, -0.15) is 20.1 Å². The minimum atomic E-state index is 0.0994. The van der Waals surface area contributed by atoms with Crippen LogP contribution in [0.3, 0.4) is 0 Å². The van der Waals surface area contributed by atoms with Crippen molar-refractivity contribution in [1.29, 1.82) is 0 Å². The lowest BCUT2D eigenvalue weighted by atomic mass is 10.2. The van der Waals surface area contributed by atoms with Gasteiger partial charge in [-0.1, -0.05) is 15.9 Å². The Hall–Kier alpha value is -1.98. The van der Waals surface area contributed by atoms with Gasteiger partial charge < -0.3 is 19.6 Å². The minimum Gasteiger partial charge on any atom is -0.506 e. The zero-order valence-electron chi connectivity index (χ0n) is 14.9. The number of anilines is 3. The lowest BCUT2D eigenvalue weighted by Gasteiger charge is -2.27. The first-order chi connectivity index (χ1) is 12.9. The molecule has 1 aromatic carbocycles. The Morgan fingerprint density at radius 1 is 1.22 bits per heavy atom. The lowest BCUT2D eigenvalue weighted by Crippen LogP contribution is -2.37. The van der Waals surface area contributed by atoms with Crippen molar-refractivity contribution in [3.05, 3.63) is 26.6 Å². The number of phenols is 1. The van der Waals surface area contributed by atoms with Crippen molar-refractivity contribution in [2.24, 2.45) is 5.10 Å². The van der Waals surface area contributed by atoms with Crippen LogP contribution in [-0.4, -0.2) is 66.7 Å². The summed E-state index contributed by atoms with van der Waals surface area (Å²) in [6, 6.07) is 3.51. The van der Waals surface area contributed by atoms with Crippen LogP contribution < -0.4 is 15.2 Å². The summed E-state index contributed by atoms with van der Waals surface area (Å²) in [7, 11) is 3.73. The topological polar surface area (TPSA) is 99.0 Å². The molecule has 2 N–H and O–H groups in total. The maximum Gasteiger partial charge on any atom is 0.250 e. The van der Waals surface area contributed by atoms with Crippen molar-refractivity contribution >= 4 is 55.9 Å². The molecule has 0 bridgehead atoms. The van der Waals surface area contributed by atoms with Crippen LogP contribution in [0.15, 0.2) is 26.2 Å². The van der Waals surface area contributed by atoms with E-state index in [-0.39, 0.29) is 5.75 Å². The molecule has 0 aliphatic carbocycles. The lowest BCUT2D eigenvalue weighted by molar-refractivity contribution is 0.122. The number of hydrogen-bond acceptors (Lipinski definition) is 9. The molecule has 0 saturated carbocycles. The maximum atomic E-state index is 10.1. The third-order valence-corrected chi connectivity index (χ3v) is 4.79. The molecular formula is C16H19Br2N7O2. The van der Waals surface area contributed by atoms with Crippen LogP contribution in [0.1, 0.15) is 5.56 Å². The summed E-state index contributed by atoms with van der Waals surface area (Å²) in [5.41, 5.74) is 3.36. The van der Waals surface area contributed by atoms with Crippen molar-refractivity contribution in [1.82, 2.24) is 15.0 Å². The number of halogens is 2. The molecule has 11 heteroatoms. The van der Waals surface area contributed by atoms with Gasteiger partial charge in [0.25, 0.3) is 0 Å². The molecule has 9 nitrogen and oxygen atoms in total. The van der Waals surface area contributed by atoms with Gasteiger partial charge in [-0.3, -0.25) is 0 Å². The SMILES string of the molecule is CN(C)c1nc(N/N=C\c2cc(Br)cc(Br)c2O)nc(N2CCOCC2)n1. The van der Waals surface area contributed by atoms with E-state index >= 15 is 0 Å². The fourth-order valence-corrected chi connectivity index (χ4v) is 3.61. The summed E-state index contributed by atoms with van der Waals surface area (Å²) >= 11 is 6.68. The van der Waals surface area contributed by atoms with Gasteiger partial charge in [-0.05, 0) is 28.1 Å². The van der Waals surface area contributed by atoms with E-state index in [9.17, 15) is 5.11 Å². The largest absolute Gasteiger partial charge is 0.506 e. The molecule has 1 aromatic heterocycles. The van der Waals surface area contributed by atoms with Gasteiger partial charge in [0.2, 0.25) is 17.8 Å². The smallest absolute Gasteiger partial charge is 0.250 e. The van der Waals surface area contributed by atoms with Crippen LogP contribution in [0.5, 0.6) is 5.75 Å². The van der Waals surface area contributed by atoms with Gasteiger partial charge in [-0.25, -0.2) is 5.43 Å². The van der Waals surface area contributed by atoms with Crippen LogP contribution >= 0.6 is 31.9 Å². The third-order valence-electron chi connectivity index (χ3n) is 3.73. The first-order valence-electron chi connectivity index (χ1n) is 8.17. The van der Waals surface area contributed by atoms with Crippen molar-refractivity contribution < 1.29 is 9.84 Å². The number of ether oxygens (including phenoxy) is 1. The predicted octanol–water partition coefficient (Wildman–Crippen LogP) is 2.45. The van der Waals surface area contributed by atoms with Crippen molar-refractivity contribution in [3.8, 4) is 5.75 Å². The first kappa shape index (κ1) is 19.8. The zero-order valence-corrected chi connectivity index (χ0v) is 18.0. The number of hydrazone groups is 1. The number of morpholine rings is 1. The van der Waals surface area contributed by atoms with E-state index < -0.39 is 0 Å². The molecule has 1 fully saturated rings. The molecule has 1 aliphatic heterocycles. The van der Waals surface area contributed by atoms with E-state index in [1.54, 1.807) is 17.0 Å². The number of benzene rings is 1. The second kappa shape index (κ2) is 8.81. The monoisotopic (exact) mass is 499 g/mol. The molecule has 27 heavy (non-hydrogen) atoms. The molecule has 1 aliphatic rings. The van der Waals surface area contributed by atoms with E-state index in [0.29, 0.717) is 41.1 Å². The predicted molar refractivity (Wildman–Crippen MR) is 112 cm³/mol. The average Bonchev–Trinajstić information content (AvgIpc) is 2.66. The Kier molecular flexibility index (Phi) is 6.45. The van der Waals surface area contributed by atoms with E-state index in [0.717, 1.165) is 17.6 Å². The summed E-state index contributed by atoms with van der Waals surface area (Å²) in [4.78, 5) is 17.1. The molecule has 1 saturated heterocycles. The molecule has 0 atom stereocenters. The van der Waals surface area contributed by atoms with Crippen LogP contribution in [0.2, 0.25) is 0 Å². The summed E-state index contributed by atoms with van der Waals surface area (Å²) < 4.78 is 6.77. The average molecular weight is 501 g/mol. The normalized spacial score (nSPS) is 14.6. The highest BCUT2D eigenvalue weighted by Gasteiger charge is 2.17. The zero-order chi connectivity index (χ0) is 19.4. The van der Waals surface area contributed by atoms with Crippen LogP contribution in [0.4, 0.5) is 17.8 Å². The van der Waals surface area contributed by atoms with Gasteiger partial charge in [0.1, 0.15) is 5.75 Å². The molecule has 0 radical (unpaired) electrons. The molecule has 0 amide bonds. The Labute approximate surface area is 173 Å². The number of nitrogens with one attached hydrogen (secondary N) is 1. The summed E-state index contributed by atoms with van der Waals surface area (Å²) in [6.07, 6.45) is 1.50. The fourth-order valence-electron chi connectivity index (χ4n) is 2.35. The van der Waals surface area contributed by atoms with E-state index in [4.69, 9.17) is 4.74 Å². The van der Waals surface area contributed by atoms with Crippen molar-refractivity contribution in [2.45, 2.75) is 0 Å². The van der Waals surface area contributed by atoms with Crippen molar-refractivity contribution in [3.63, 3.8) is 0 Å². The number of hydrogen-bond donors (Lipinski definition) is 2. The highest BCUT2D eigenvalue weighted by Crippen LogP contribution is 2.30. The standard InChI is InChI=1S/C16H19Br2N7O2/c1-24(2)15-20-14(21-16(22-15)25-3-5-27-6-4-25)23-19-9-10-7-11(17)8-12(18)13(10)26/h7-9,26H,3-6H2,1-2H3,(H,20,21,22,23)/b19-9-. The van der Waals surface area contributed by atoms with Crippen LogP contribution in [-0.2, 0) is 4.74 Å². The molecule has 3 rings (SSSR count). The van der Waals surface area contributed by atoms with Gasteiger partial charge in [0.05, 0.1) is 23.9 Å². The highest BCUT2D eigenvalue weighted by molar-refractivity contribution is 9.11. The second-order valence-electron chi connectivity index (χ2n) is 5.95. The Morgan fingerprint density at radius 3 is 2.67 bits per heavy atom. The summed E-state index contributed by atoms with van der Waals surface area (Å²) in [5, 5.41) is 14.2. The number of aromatic nitrogens is 3. The Balaban J connectivity index is 1.82. The minimum absolute atomic E-state index is 0.0994. The maximum absolute atomic E-state index is 10.1. The second-order valence-corrected chi connectivity index (χ2v) is 7.72. The van der Waals surface area contributed by atoms with Gasteiger partial charge in [-0.15, -0.1) is 0 Å². The molecule has 2 aromatic rings. The number of aromatic hydroxyl groups is 1. The highest BCUT2D eigenvalue weighted by atomic mass is 79.9. The summed E-state index contributed by atoms with van der Waals surface area (Å²) in [6.45, 7) is 2.72. The summed E-state index contributed by atoms with van der Waals surface area (Å²) in [5.74, 6) is 1.52. The van der Waals surface area contributed by atoms with E-state index in [2.05, 4.69) is 57.3 Å². The first-order valence-corrected chi connectivity index (χ1v) is 9.76. The number of phenolic OH excluding ortho intramolecular Hbond substituents is 1. The van der Waals surface area contributed by atoms with Crippen LogP contribution in [0, 0.1) is 0 Å². The molecular weight excluding hydrogens is 482 g/mol. The quantitative estimate of drug-likeness (QED) is 0.477. The molecule has 144 valence electrons. The fraction of sp³-hybridized carbons (Fsp3) is 0.375. The molecule has 0 unspecified atom stereocenters.